The number of benzene rings is 7. The summed E-state index contributed by atoms with van der Waals surface area (Å²) in [4.78, 5) is 10.9. The van der Waals surface area contributed by atoms with E-state index in [2.05, 4.69) is 155 Å². The molecule has 0 aliphatic rings. The van der Waals surface area contributed by atoms with E-state index in [1.165, 1.54) is 48.9 Å². The van der Waals surface area contributed by atoms with E-state index in [9.17, 15) is 0 Å². The maximum Gasteiger partial charge on any atom is 0.165 e. The molecule has 212 valence electrons. The van der Waals surface area contributed by atoms with Crippen LogP contribution in [0, 0.1) is 0 Å². The van der Waals surface area contributed by atoms with Gasteiger partial charge in [-0.15, -0.1) is 0 Å². The molecule has 4 heteroatoms. The van der Waals surface area contributed by atoms with Gasteiger partial charge in [-0.05, 0) is 41.1 Å². The monoisotopic (exact) mass is 584 g/mol. The Labute approximate surface area is 262 Å². The second kappa shape index (κ2) is 8.68. The molecule has 0 spiro atoms. The summed E-state index contributed by atoms with van der Waals surface area (Å²) < 4.78 is 4.83. The molecule has 0 radical (unpaired) electrons. The second-order valence-corrected chi connectivity index (χ2v) is 12.2. The molecule has 0 atom stereocenters. The van der Waals surface area contributed by atoms with Crippen molar-refractivity contribution in [2.24, 2.45) is 0 Å². The van der Waals surface area contributed by atoms with Crippen LogP contribution in [-0.4, -0.2) is 18.9 Å². The minimum Gasteiger partial charge on any atom is -0.308 e. The highest BCUT2D eigenvalue weighted by atomic mass is 15.1. The minimum absolute atomic E-state index is 0.834. The molecule has 0 aliphatic heterocycles. The van der Waals surface area contributed by atoms with E-state index >= 15 is 0 Å². The summed E-state index contributed by atoms with van der Waals surface area (Å²) in [6.45, 7) is 0. The molecule has 11 aromatic rings. The molecular weight excluding hydrogens is 560 g/mol. The molecule has 0 aliphatic carbocycles. The van der Waals surface area contributed by atoms with E-state index in [1.807, 2.05) is 0 Å². The average Bonchev–Trinajstić information content (AvgIpc) is 3.60. The molecule has 0 amide bonds. The summed E-state index contributed by atoms with van der Waals surface area (Å²) in [6.07, 6.45) is 0. The topological polar surface area (TPSA) is 35.1 Å². The molecule has 0 unspecified atom stereocenters. The van der Waals surface area contributed by atoms with E-state index in [-0.39, 0.29) is 0 Å². The highest BCUT2D eigenvalue weighted by Crippen LogP contribution is 2.44. The molecule has 11 rings (SSSR count). The Morgan fingerprint density at radius 1 is 0.413 bits per heavy atom. The quantitative estimate of drug-likeness (QED) is 0.190. The Kier molecular flexibility index (Phi) is 4.55. The first-order chi connectivity index (χ1) is 22.8. The van der Waals surface area contributed by atoms with Crippen LogP contribution in [0.5, 0.6) is 0 Å². The number of para-hydroxylation sites is 2. The number of nitrogens with zero attached hydrogens (tertiary/aromatic N) is 4. The van der Waals surface area contributed by atoms with Gasteiger partial charge in [-0.1, -0.05) is 115 Å². The van der Waals surface area contributed by atoms with Gasteiger partial charge in [-0.25, -0.2) is 9.97 Å². The normalized spacial score (nSPS) is 12.3. The van der Waals surface area contributed by atoms with Gasteiger partial charge in [0.2, 0.25) is 0 Å². The third-order valence-electron chi connectivity index (χ3n) is 9.82. The van der Waals surface area contributed by atoms with Crippen LogP contribution in [-0.2, 0) is 0 Å². The van der Waals surface area contributed by atoms with Crippen LogP contribution in [0.3, 0.4) is 0 Å². The first kappa shape index (κ1) is 24.1. The van der Waals surface area contributed by atoms with Crippen molar-refractivity contribution in [2.75, 3.05) is 0 Å². The summed E-state index contributed by atoms with van der Waals surface area (Å²) in [5, 5.41) is 9.76. The second-order valence-electron chi connectivity index (χ2n) is 12.2. The molecule has 7 aromatic carbocycles. The van der Waals surface area contributed by atoms with E-state index in [1.54, 1.807) is 0 Å². The zero-order valence-corrected chi connectivity index (χ0v) is 24.6. The van der Waals surface area contributed by atoms with Crippen LogP contribution in [0.2, 0.25) is 0 Å². The van der Waals surface area contributed by atoms with Gasteiger partial charge < -0.3 is 4.40 Å². The number of fused-ring (bicyclic) bond motifs is 8. The van der Waals surface area contributed by atoms with Gasteiger partial charge in [0.25, 0.3) is 0 Å². The van der Waals surface area contributed by atoms with Gasteiger partial charge in [0.05, 0.1) is 38.6 Å². The Morgan fingerprint density at radius 3 is 1.93 bits per heavy atom. The first-order valence-corrected chi connectivity index (χ1v) is 15.7. The van der Waals surface area contributed by atoms with Gasteiger partial charge in [0, 0.05) is 37.9 Å². The standard InChI is InChI=1S/C42H24N4/c1-2-12-26(13-3-1)39-42(44-40-27-14-5-4-11-25(27)23-24-32(40)43-39)46-34-20-9-16-29-31-18-8-17-30-28-15-6-7-19-33(28)45(41(30)31)35-21-10-22-36(46)38(35)37(29)34/h1-24H. The zero-order valence-electron chi connectivity index (χ0n) is 24.6. The van der Waals surface area contributed by atoms with Crippen molar-refractivity contribution in [1.29, 1.82) is 0 Å². The summed E-state index contributed by atoms with van der Waals surface area (Å²) >= 11 is 0. The fraction of sp³-hybridized carbons (Fsp3) is 0. The summed E-state index contributed by atoms with van der Waals surface area (Å²) in [5.41, 5.74) is 9.60. The zero-order chi connectivity index (χ0) is 29.9. The van der Waals surface area contributed by atoms with Gasteiger partial charge in [-0.2, -0.15) is 0 Å². The van der Waals surface area contributed by atoms with Crippen LogP contribution in [0.25, 0.3) is 98.8 Å². The summed E-state index contributed by atoms with van der Waals surface area (Å²) in [5.74, 6) is 0.834. The number of hydrogen-bond donors (Lipinski definition) is 0. The van der Waals surface area contributed by atoms with E-state index < -0.39 is 0 Å². The van der Waals surface area contributed by atoms with Gasteiger partial charge in [0.15, 0.2) is 5.82 Å². The van der Waals surface area contributed by atoms with Crippen molar-refractivity contribution in [3.63, 3.8) is 0 Å². The fourth-order valence-corrected chi connectivity index (χ4v) is 7.94. The van der Waals surface area contributed by atoms with Crippen molar-refractivity contribution in [1.82, 2.24) is 18.9 Å². The molecule has 4 heterocycles. The smallest absolute Gasteiger partial charge is 0.165 e. The number of aromatic nitrogens is 4. The lowest BCUT2D eigenvalue weighted by Crippen LogP contribution is -2.04. The Balaban J connectivity index is 1.40. The van der Waals surface area contributed by atoms with Crippen molar-refractivity contribution >= 4 is 81.7 Å². The van der Waals surface area contributed by atoms with E-state index in [0.29, 0.717) is 0 Å². The molecule has 4 aromatic heterocycles. The van der Waals surface area contributed by atoms with Gasteiger partial charge >= 0.3 is 0 Å². The van der Waals surface area contributed by atoms with Gasteiger partial charge in [0.1, 0.15) is 5.69 Å². The van der Waals surface area contributed by atoms with Crippen LogP contribution < -0.4 is 0 Å². The van der Waals surface area contributed by atoms with Crippen molar-refractivity contribution < 1.29 is 0 Å². The average molecular weight is 585 g/mol. The lowest BCUT2D eigenvalue weighted by atomic mass is 10.0. The highest BCUT2D eigenvalue weighted by molar-refractivity contribution is 6.31. The van der Waals surface area contributed by atoms with E-state index in [0.717, 1.165) is 49.9 Å². The van der Waals surface area contributed by atoms with Crippen LogP contribution in [0.4, 0.5) is 0 Å². The van der Waals surface area contributed by atoms with Crippen molar-refractivity contribution in [3.05, 3.63) is 146 Å². The Bertz CT molecular complexity index is 3020. The first-order valence-electron chi connectivity index (χ1n) is 15.7. The summed E-state index contributed by atoms with van der Waals surface area (Å²) in [6, 6.07) is 52.1. The molecule has 0 saturated heterocycles. The van der Waals surface area contributed by atoms with Crippen LogP contribution in [0.15, 0.2) is 146 Å². The van der Waals surface area contributed by atoms with E-state index in [4.69, 9.17) is 9.97 Å². The van der Waals surface area contributed by atoms with Crippen LogP contribution in [0.1, 0.15) is 0 Å². The lowest BCUT2D eigenvalue weighted by Gasteiger charge is -2.15. The molecule has 0 saturated carbocycles. The predicted molar refractivity (Wildman–Crippen MR) is 191 cm³/mol. The fourth-order valence-electron chi connectivity index (χ4n) is 7.94. The number of rotatable bonds is 2. The van der Waals surface area contributed by atoms with Crippen LogP contribution >= 0.6 is 0 Å². The third-order valence-corrected chi connectivity index (χ3v) is 9.82. The lowest BCUT2D eigenvalue weighted by molar-refractivity contribution is 1.08. The largest absolute Gasteiger partial charge is 0.308 e. The van der Waals surface area contributed by atoms with Crippen molar-refractivity contribution in [3.8, 4) is 17.1 Å². The minimum atomic E-state index is 0.834. The molecule has 0 N–H and O–H groups in total. The number of hydrogen-bond acceptors (Lipinski definition) is 2. The molecule has 4 nitrogen and oxygen atoms in total. The Hall–Kier alpha value is -6.26. The third kappa shape index (κ3) is 2.98. The Morgan fingerprint density at radius 2 is 1.04 bits per heavy atom. The summed E-state index contributed by atoms with van der Waals surface area (Å²) in [7, 11) is 0. The van der Waals surface area contributed by atoms with Crippen molar-refractivity contribution in [2.45, 2.75) is 0 Å². The predicted octanol–water partition coefficient (Wildman–Crippen LogP) is 10.7. The van der Waals surface area contributed by atoms with Gasteiger partial charge in [-0.3, -0.25) is 4.57 Å². The highest BCUT2D eigenvalue weighted by Gasteiger charge is 2.24. The SMILES string of the molecule is c1ccc(-c2nc3ccc4ccccc4c3nc2-n2c3cccc4c5cccc6c7ccccc7n(c7cccc2c7c43)c56)cc1. The molecule has 0 bridgehead atoms. The molecular formula is C42H24N4. The maximum atomic E-state index is 5.54. The molecule has 0 fully saturated rings. The maximum absolute atomic E-state index is 5.54. The molecule has 46 heavy (non-hydrogen) atoms.